The number of halogens is 1. The van der Waals surface area contributed by atoms with Crippen molar-refractivity contribution in [2.24, 2.45) is 5.73 Å². The number of primary amides is 1. The lowest BCUT2D eigenvalue weighted by Gasteiger charge is -2.24. The maximum Gasteiger partial charge on any atom is 0.252 e. The Morgan fingerprint density at radius 1 is 1.35 bits per heavy atom. The molecule has 7 heteroatoms. The van der Waals surface area contributed by atoms with Crippen LogP contribution in [0.4, 0.5) is 4.39 Å². The second-order valence-corrected chi connectivity index (χ2v) is 5.61. The van der Waals surface area contributed by atoms with Crippen LogP contribution in [0, 0.1) is 5.82 Å². The third-order valence-corrected chi connectivity index (χ3v) is 4.11. The van der Waals surface area contributed by atoms with Crippen LogP contribution >= 0.6 is 0 Å². The molecular formula is C16H17FN4O2. The Hall–Kier alpha value is -2.70. The number of benzene rings is 1. The van der Waals surface area contributed by atoms with Gasteiger partial charge in [0.25, 0.3) is 5.91 Å². The van der Waals surface area contributed by atoms with E-state index in [-0.39, 0.29) is 24.2 Å². The molecule has 1 saturated heterocycles. The summed E-state index contributed by atoms with van der Waals surface area (Å²) in [4.78, 5) is 25.8. The van der Waals surface area contributed by atoms with E-state index in [0.717, 1.165) is 18.4 Å². The number of aromatic nitrogens is 2. The smallest absolute Gasteiger partial charge is 0.252 e. The monoisotopic (exact) mass is 316 g/mol. The van der Waals surface area contributed by atoms with E-state index in [2.05, 4.69) is 10.2 Å². The zero-order chi connectivity index (χ0) is 16.4. The summed E-state index contributed by atoms with van der Waals surface area (Å²) >= 11 is 0. The minimum Gasteiger partial charge on any atom is -0.365 e. The Labute approximate surface area is 132 Å². The highest BCUT2D eigenvalue weighted by atomic mass is 19.1. The van der Waals surface area contributed by atoms with Crippen LogP contribution in [-0.4, -0.2) is 33.5 Å². The zero-order valence-electron chi connectivity index (χ0n) is 12.5. The van der Waals surface area contributed by atoms with Gasteiger partial charge in [0.15, 0.2) is 0 Å². The molecular weight excluding hydrogens is 299 g/mol. The number of hydrogen-bond acceptors (Lipinski definition) is 3. The van der Waals surface area contributed by atoms with Crippen LogP contribution in [0.3, 0.4) is 0 Å². The molecule has 3 rings (SSSR count). The predicted octanol–water partition coefficient (Wildman–Crippen LogP) is 1.55. The number of aromatic amines is 1. The van der Waals surface area contributed by atoms with Gasteiger partial charge in [-0.3, -0.25) is 14.7 Å². The first-order valence-electron chi connectivity index (χ1n) is 7.43. The first-order valence-corrected chi connectivity index (χ1v) is 7.43. The second-order valence-electron chi connectivity index (χ2n) is 5.61. The van der Waals surface area contributed by atoms with Gasteiger partial charge >= 0.3 is 0 Å². The molecule has 0 bridgehead atoms. The number of likely N-dealkylation sites (tertiary alicyclic amines) is 1. The Bertz CT molecular complexity index is 726. The molecule has 120 valence electrons. The minimum atomic E-state index is -0.563. The molecule has 1 unspecified atom stereocenters. The number of carbonyl (C=O) groups excluding carboxylic acids is 2. The lowest BCUT2D eigenvalue weighted by atomic mass is 10.1. The van der Waals surface area contributed by atoms with Gasteiger partial charge in [-0.15, -0.1) is 0 Å². The predicted molar refractivity (Wildman–Crippen MR) is 80.9 cm³/mol. The van der Waals surface area contributed by atoms with E-state index in [4.69, 9.17) is 5.73 Å². The summed E-state index contributed by atoms with van der Waals surface area (Å²) in [6.07, 6.45) is 3.17. The Morgan fingerprint density at radius 3 is 2.78 bits per heavy atom. The number of hydrogen-bond donors (Lipinski definition) is 2. The van der Waals surface area contributed by atoms with Crippen LogP contribution in [0.2, 0.25) is 0 Å². The lowest BCUT2D eigenvalue weighted by molar-refractivity contribution is -0.131. The molecule has 6 nitrogen and oxygen atoms in total. The molecule has 0 saturated carbocycles. The van der Waals surface area contributed by atoms with E-state index >= 15 is 0 Å². The van der Waals surface area contributed by atoms with Crippen LogP contribution in [0.25, 0.3) is 0 Å². The van der Waals surface area contributed by atoms with Crippen LogP contribution in [-0.2, 0) is 11.2 Å². The van der Waals surface area contributed by atoms with Gasteiger partial charge in [-0.1, -0.05) is 12.1 Å². The Balaban J connectivity index is 1.78. The van der Waals surface area contributed by atoms with Crippen LogP contribution in [0.15, 0.2) is 30.5 Å². The van der Waals surface area contributed by atoms with E-state index in [9.17, 15) is 14.0 Å². The van der Waals surface area contributed by atoms with Gasteiger partial charge in [0.1, 0.15) is 5.82 Å². The number of amides is 2. The number of nitrogens with one attached hydrogen (secondary N) is 1. The van der Waals surface area contributed by atoms with Crippen molar-refractivity contribution in [2.45, 2.75) is 25.3 Å². The van der Waals surface area contributed by atoms with E-state index in [1.807, 2.05) is 0 Å². The van der Waals surface area contributed by atoms with E-state index in [1.54, 1.807) is 17.0 Å². The number of H-pyrrole nitrogens is 1. The Kier molecular flexibility index (Phi) is 4.10. The summed E-state index contributed by atoms with van der Waals surface area (Å²) in [6, 6.07) is 5.65. The summed E-state index contributed by atoms with van der Waals surface area (Å²) in [5.74, 6) is -0.959. The maximum atomic E-state index is 12.9. The van der Waals surface area contributed by atoms with Crippen molar-refractivity contribution in [1.29, 1.82) is 0 Å². The van der Waals surface area contributed by atoms with Gasteiger partial charge in [-0.05, 0) is 30.5 Å². The largest absolute Gasteiger partial charge is 0.365 e. The fourth-order valence-electron chi connectivity index (χ4n) is 2.99. The normalized spacial score (nSPS) is 17.4. The number of rotatable bonds is 4. The van der Waals surface area contributed by atoms with Crippen LogP contribution in [0.1, 0.15) is 40.5 Å². The van der Waals surface area contributed by atoms with Crippen LogP contribution < -0.4 is 5.73 Å². The highest BCUT2D eigenvalue weighted by Crippen LogP contribution is 2.32. The average Bonchev–Trinajstić information content (AvgIpc) is 3.17. The third kappa shape index (κ3) is 3.08. The van der Waals surface area contributed by atoms with E-state index in [1.165, 1.54) is 18.3 Å². The summed E-state index contributed by atoms with van der Waals surface area (Å²) < 4.78 is 12.9. The summed E-state index contributed by atoms with van der Waals surface area (Å²) in [5.41, 5.74) is 7.00. The van der Waals surface area contributed by atoms with Gasteiger partial charge < -0.3 is 10.6 Å². The average molecular weight is 316 g/mol. The fourth-order valence-corrected chi connectivity index (χ4v) is 2.99. The molecule has 1 atom stereocenters. The SMILES string of the molecule is NC(=O)c1cn[nH]c1C1CCCN1C(=O)Cc1ccc(F)cc1. The summed E-state index contributed by atoms with van der Waals surface area (Å²) in [7, 11) is 0. The standard InChI is InChI=1S/C16H17FN4O2/c17-11-5-3-10(4-6-11)8-14(22)21-7-1-2-13(21)15-12(16(18)23)9-19-20-15/h3-6,9,13H,1-2,7-8H2,(H2,18,23)(H,19,20). The molecule has 2 amide bonds. The van der Waals surface area contributed by atoms with Gasteiger partial charge in [-0.2, -0.15) is 5.10 Å². The van der Waals surface area contributed by atoms with Gasteiger partial charge in [0.2, 0.25) is 5.91 Å². The van der Waals surface area contributed by atoms with Crippen molar-refractivity contribution >= 4 is 11.8 Å². The first kappa shape index (κ1) is 15.2. The molecule has 0 radical (unpaired) electrons. The highest BCUT2D eigenvalue weighted by molar-refractivity contribution is 5.94. The molecule has 1 fully saturated rings. The molecule has 3 N–H and O–H groups in total. The van der Waals surface area contributed by atoms with Crippen molar-refractivity contribution in [3.05, 3.63) is 53.1 Å². The van der Waals surface area contributed by atoms with E-state index in [0.29, 0.717) is 17.8 Å². The minimum absolute atomic E-state index is 0.0656. The number of carbonyl (C=O) groups is 2. The maximum absolute atomic E-state index is 12.9. The Morgan fingerprint density at radius 2 is 2.09 bits per heavy atom. The van der Waals surface area contributed by atoms with Gasteiger partial charge in [0.05, 0.1) is 29.9 Å². The van der Waals surface area contributed by atoms with Crippen LogP contribution in [0.5, 0.6) is 0 Å². The van der Waals surface area contributed by atoms with Crippen molar-refractivity contribution in [3.63, 3.8) is 0 Å². The molecule has 1 aromatic carbocycles. The summed E-state index contributed by atoms with van der Waals surface area (Å²) in [5, 5.41) is 6.66. The third-order valence-electron chi connectivity index (χ3n) is 4.11. The van der Waals surface area contributed by atoms with Crippen molar-refractivity contribution in [2.75, 3.05) is 6.54 Å². The molecule has 0 aliphatic carbocycles. The summed E-state index contributed by atoms with van der Waals surface area (Å²) in [6.45, 7) is 0.613. The molecule has 23 heavy (non-hydrogen) atoms. The van der Waals surface area contributed by atoms with E-state index < -0.39 is 5.91 Å². The second kappa shape index (κ2) is 6.20. The van der Waals surface area contributed by atoms with Gasteiger partial charge in [-0.25, -0.2) is 4.39 Å². The van der Waals surface area contributed by atoms with Gasteiger partial charge in [0, 0.05) is 6.54 Å². The molecule has 2 heterocycles. The van der Waals surface area contributed by atoms with Crippen molar-refractivity contribution in [1.82, 2.24) is 15.1 Å². The van der Waals surface area contributed by atoms with Crippen molar-refractivity contribution in [3.8, 4) is 0 Å². The molecule has 2 aromatic rings. The highest BCUT2D eigenvalue weighted by Gasteiger charge is 2.33. The molecule has 0 spiro atoms. The quantitative estimate of drug-likeness (QED) is 0.896. The van der Waals surface area contributed by atoms with Crippen molar-refractivity contribution < 1.29 is 14.0 Å². The number of nitrogens with two attached hydrogens (primary N) is 1. The topological polar surface area (TPSA) is 92.1 Å². The zero-order valence-corrected chi connectivity index (χ0v) is 12.5. The molecule has 1 aromatic heterocycles. The molecule has 1 aliphatic heterocycles. The molecule has 1 aliphatic rings. The number of nitrogens with zero attached hydrogens (tertiary/aromatic N) is 2. The fraction of sp³-hybridized carbons (Fsp3) is 0.312. The first-order chi connectivity index (χ1) is 11.1. The lowest BCUT2D eigenvalue weighted by Crippen LogP contribution is -2.33.